The Labute approximate surface area is 175 Å². The summed E-state index contributed by atoms with van der Waals surface area (Å²) in [6, 6.07) is 4.02. The Morgan fingerprint density at radius 3 is 2.97 bits per heavy atom. The number of aryl methyl sites for hydroxylation is 1. The molecule has 9 nitrogen and oxygen atoms in total. The summed E-state index contributed by atoms with van der Waals surface area (Å²) in [7, 11) is 0. The van der Waals surface area contributed by atoms with Crippen molar-refractivity contribution < 1.29 is 19.4 Å². The summed E-state index contributed by atoms with van der Waals surface area (Å²) in [6.07, 6.45) is 5.49. The van der Waals surface area contributed by atoms with Crippen molar-refractivity contribution >= 4 is 23.0 Å². The second kappa shape index (κ2) is 9.44. The predicted molar refractivity (Wildman–Crippen MR) is 111 cm³/mol. The number of nitrogens with one attached hydrogen (secondary N) is 3. The maximum Gasteiger partial charge on any atom is 0.404 e. The van der Waals surface area contributed by atoms with Crippen LogP contribution in [0.15, 0.2) is 24.5 Å². The monoisotopic (exact) mass is 415 g/mol. The van der Waals surface area contributed by atoms with Crippen molar-refractivity contribution in [2.24, 2.45) is 5.92 Å². The molecular weight excluding hydrogens is 386 g/mol. The number of carbonyl (C=O) groups excluding carboxylic acids is 1. The zero-order valence-corrected chi connectivity index (χ0v) is 17.0. The van der Waals surface area contributed by atoms with Crippen molar-refractivity contribution in [1.29, 1.82) is 0 Å². The first-order valence-corrected chi connectivity index (χ1v) is 10.6. The Morgan fingerprint density at radius 1 is 1.37 bits per heavy atom. The maximum atomic E-state index is 12.5. The zero-order valence-electron chi connectivity index (χ0n) is 17.0. The van der Waals surface area contributed by atoms with Crippen LogP contribution in [0.3, 0.4) is 0 Å². The van der Waals surface area contributed by atoms with Crippen LogP contribution in [-0.2, 0) is 16.1 Å². The highest BCUT2D eigenvalue weighted by Gasteiger charge is 2.35. The van der Waals surface area contributed by atoms with Crippen molar-refractivity contribution in [3.05, 3.63) is 30.1 Å². The second-order valence-electron chi connectivity index (χ2n) is 7.99. The fourth-order valence-corrected chi connectivity index (χ4v) is 4.15. The second-order valence-corrected chi connectivity index (χ2v) is 7.99. The van der Waals surface area contributed by atoms with E-state index in [9.17, 15) is 9.59 Å². The molecule has 9 heteroatoms. The summed E-state index contributed by atoms with van der Waals surface area (Å²) >= 11 is 0. The van der Waals surface area contributed by atoms with Gasteiger partial charge in [-0.1, -0.05) is 0 Å². The van der Waals surface area contributed by atoms with E-state index < -0.39 is 12.2 Å². The van der Waals surface area contributed by atoms with E-state index in [1.54, 1.807) is 6.20 Å². The number of hydrogen-bond acceptors (Lipinski definition) is 5. The van der Waals surface area contributed by atoms with Gasteiger partial charge in [-0.15, -0.1) is 0 Å². The molecule has 2 aliphatic rings. The van der Waals surface area contributed by atoms with Gasteiger partial charge in [0.2, 0.25) is 5.91 Å². The molecule has 1 aliphatic carbocycles. The molecule has 3 heterocycles. The molecule has 2 aromatic rings. The first kappa shape index (κ1) is 20.6. The van der Waals surface area contributed by atoms with Crippen LogP contribution >= 0.6 is 0 Å². The number of hydrogen-bond donors (Lipinski definition) is 4. The van der Waals surface area contributed by atoms with Crippen LogP contribution in [0.2, 0.25) is 0 Å². The minimum Gasteiger partial charge on any atom is -0.465 e. The van der Waals surface area contributed by atoms with E-state index >= 15 is 0 Å². The van der Waals surface area contributed by atoms with Crippen LogP contribution in [0, 0.1) is 5.92 Å². The van der Waals surface area contributed by atoms with E-state index in [0.717, 1.165) is 30.4 Å². The van der Waals surface area contributed by atoms with Gasteiger partial charge in [-0.2, -0.15) is 0 Å². The van der Waals surface area contributed by atoms with Crippen molar-refractivity contribution in [1.82, 2.24) is 25.5 Å². The molecule has 1 aliphatic heterocycles. The van der Waals surface area contributed by atoms with E-state index in [1.165, 1.54) is 5.56 Å². The van der Waals surface area contributed by atoms with Gasteiger partial charge in [0.25, 0.3) is 0 Å². The lowest BCUT2D eigenvalue weighted by Crippen LogP contribution is -2.48. The lowest BCUT2D eigenvalue weighted by Gasteiger charge is -2.24. The van der Waals surface area contributed by atoms with Gasteiger partial charge in [-0.25, -0.2) is 9.78 Å². The number of carbonyl (C=O) groups is 2. The molecule has 162 valence electrons. The summed E-state index contributed by atoms with van der Waals surface area (Å²) in [6.45, 7) is 3.54. The average molecular weight is 415 g/mol. The lowest BCUT2D eigenvalue weighted by molar-refractivity contribution is -0.134. The number of rotatable bonds is 9. The van der Waals surface area contributed by atoms with Crippen LogP contribution in [0.25, 0.3) is 11.0 Å². The van der Waals surface area contributed by atoms with Crippen molar-refractivity contribution in [3.8, 4) is 0 Å². The van der Waals surface area contributed by atoms with Crippen LogP contribution in [-0.4, -0.2) is 65.5 Å². The van der Waals surface area contributed by atoms with E-state index in [1.807, 2.05) is 6.07 Å². The molecule has 2 fully saturated rings. The van der Waals surface area contributed by atoms with E-state index in [0.29, 0.717) is 45.1 Å². The van der Waals surface area contributed by atoms with Gasteiger partial charge in [-0.3, -0.25) is 4.79 Å². The van der Waals surface area contributed by atoms with Crippen molar-refractivity contribution in [2.75, 3.05) is 32.8 Å². The summed E-state index contributed by atoms with van der Waals surface area (Å²) in [5.74, 6) is 0.730. The summed E-state index contributed by atoms with van der Waals surface area (Å²) in [5, 5.41) is 18.5. The number of aromatic nitrogens is 2. The van der Waals surface area contributed by atoms with Crippen LogP contribution < -0.4 is 16.0 Å². The number of fused-ring (bicyclic) bond motifs is 1. The predicted octanol–water partition coefficient (Wildman–Crippen LogP) is 1.29. The summed E-state index contributed by atoms with van der Waals surface area (Å²) < 4.78 is 7.66. The van der Waals surface area contributed by atoms with Gasteiger partial charge in [0.05, 0.1) is 6.61 Å². The standard InChI is InChI=1S/C21H29N5O4/c27-20(18-12-22-8-10-30-18)25-11-16(14-4-5-14)17-13-26(9-2-7-24-21(28)29)19-15(17)3-1-6-23-19/h1,3,6,13-14,16,18,22,24H,2,4-5,7-12H2,(H,25,27)(H,28,29)/t16-,18-/m1/s1. The zero-order chi connectivity index (χ0) is 20.9. The van der Waals surface area contributed by atoms with Crippen LogP contribution in [0.1, 0.15) is 30.7 Å². The maximum absolute atomic E-state index is 12.5. The third-order valence-electron chi connectivity index (χ3n) is 5.82. The molecule has 1 saturated heterocycles. The van der Waals surface area contributed by atoms with Gasteiger partial charge in [0.1, 0.15) is 11.8 Å². The molecule has 4 rings (SSSR count). The van der Waals surface area contributed by atoms with Gasteiger partial charge in [0, 0.05) is 56.4 Å². The third-order valence-corrected chi connectivity index (χ3v) is 5.82. The molecular formula is C21H29N5O4. The summed E-state index contributed by atoms with van der Waals surface area (Å²) in [4.78, 5) is 27.7. The molecule has 0 bridgehead atoms. The number of amides is 2. The molecule has 0 radical (unpaired) electrons. The van der Waals surface area contributed by atoms with Crippen molar-refractivity contribution in [2.45, 2.75) is 37.8 Å². The first-order valence-electron chi connectivity index (χ1n) is 10.6. The topological polar surface area (TPSA) is 118 Å². The Balaban J connectivity index is 1.47. The fourth-order valence-electron chi connectivity index (χ4n) is 4.15. The van der Waals surface area contributed by atoms with Gasteiger partial charge < -0.3 is 30.4 Å². The molecule has 4 N–H and O–H groups in total. The van der Waals surface area contributed by atoms with E-state index in [-0.39, 0.29) is 11.8 Å². The molecule has 2 aromatic heterocycles. The quantitative estimate of drug-likeness (QED) is 0.459. The molecule has 0 spiro atoms. The van der Waals surface area contributed by atoms with Crippen molar-refractivity contribution in [3.63, 3.8) is 0 Å². The number of pyridine rings is 1. The van der Waals surface area contributed by atoms with Gasteiger partial charge in [0.15, 0.2) is 0 Å². The van der Waals surface area contributed by atoms with E-state index in [2.05, 4.69) is 37.8 Å². The number of carboxylic acid groups (broad SMARTS) is 1. The number of morpholine rings is 1. The normalized spacial score (nSPS) is 20.1. The van der Waals surface area contributed by atoms with Gasteiger partial charge >= 0.3 is 6.09 Å². The highest BCUT2D eigenvalue weighted by molar-refractivity contribution is 5.83. The minimum absolute atomic E-state index is 0.0607. The molecule has 0 aromatic carbocycles. The Morgan fingerprint density at radius 2 is 2.23 bits per heavy atom. The average Bonchev–Trinajstić information content (AvgIpc) is 3.54. The van der Waals surface area contributed by atoms with Crippen LogP contribution in [0.4, 0.5) is 4.79 Å². The lowest BCUT2D eigenvalue weighted by atomic mass is 9.94. The van der Waals surface area contributed by atoms with E-state index in [4.69, 9.17) is 9.84 Å². The third kappa shape index (κ3) is 4.91. The fraction of sp³-hybridized carbons (Fsp3) is 0.571. The van der Waals surface area contributed by atoms with Gasteiger partial charge in [-0.05, 0) is 42.9 Å². The highest BCUT2D eigenvalue weighted by Crippen LogP contribution is 2.44. The minimum atomic E-state index is -1.01. The largest absolute Gasteiger partial charge is 0.465 e. The number of ether oxygens (including phenoxy) is 1. The molecule has 30 heavy (non-hydrogen) atoms. The van der Waals surface area contributed by atoms with Crippen LogP contribution in [0.5, 0.6) is 0 Å². The smallest absolute Gasteiger partial charge is 0.404 e. The molecule has 2 atom stereocenters. The first-order chi connectivity index (χ1) is 14.6. The number of nitrogens with zero attached hydrogens (tertiary/aromatic N) is 2. The Kier molecular flexibility index (Phi) is 6.49. The Hall–Kier alpha value is -2.65. The highest BCUT2D eigenvalue weighted by atomic mass is 16.5. The molecule has 1 saturated carbocycles. The molecule has 0 unspecified atom stereocenters. The molecule has 2 amide bonds. The SMILES string of the molecule is O=C(O)NCCCn1cc([C@H](CNC(=O)[C@H]2CNCCO2)C2CC2)c2cccnc21. The summed E-state index contributed by atoms with van der Waals surface area (Å²) in [5.41, 5.74) is 2.11. The Bertz CT molecular complexity index is 889.